The molecule has 0 bridgehead atoms. The number of anilines is 1. The SMILES string of the molecule is CCCOc1ccnc(NCC(C)(C)CCOC)n1. The number of nitrogens with zero attached hydrogens (tertiary/aromatic N) is 2. The number of methoxy groups -OCH3 is 1. The predicted molar refractivity (Wildman–Crippen MR) is 76.6 cm³/mol. The topological polar surface area (TPSA) is 56.3 Å². The highest BCUT2D eigenvalue weighted by atomic mass is 16.5. The molecule has 0 saturated carbocycles. The molecule has 0 aliphatic heterocycles. The number of hydrogen-bond acceptors (Lipinski definition) is 5. The van der Waals surface area contributed by atoms with Crippen LogP contribution in [0.25, 0.3) is 0 Å². The summed E-state index contributed by atoms with van der Waals surface area (Å²) in [4.78, 5) is 8.52. The van der Waals surface area contributed by atoms with Crippen LogP contribution in [0.15, 0.2) is 12.3 Å². The molecule has 1 aromatic heterocycles. The average Bonchev–Trinajstić information content (AvgIpc) is 2.41. The Kier molecular flexibility index (Phi) is 6.56. The van der Waals surface area contributed by atoms with E-state index in [0.717, 1.165) is 26.0 Å². The lowest BCUT2D eigenvalue weighted by molar-refractivity contribution is 0.157. The van der Waals surface area contributed by atoms with Gasteiger partial charge in [0, 0.05) is 32.5 Å². The molecule has 5 heteroatoms. The second kappa shape index (κ2) is 7.94. The Morgan fingerprint density at radius 3 is 2.79 bits per heavy atom. The van der Waals surface area contributed by atoms with E-state index in [4.69, 9.17) is 9.47 Å². The third kappa shape index (κ3) is 6.38. The van der Waals surface area contributed by atoms with Crippen LogP contribution in [0.1, 0.15) is 33.6 Å². The molecule has 19 heavy (non-hydrogen) atoms. The molecule has 0 aliphatic carbocycles. The van der Waals surface area contributed by atoms with Gasteiger partial charge in [-0.15, -0.1) is 0 Å². The number of aromatic nitrogens is 2. The summed E-state index contributed by atoms with van der Waals surface area (Å²) in [7, 11) is 1.72. The molecule has 108 valence electrons. The summed E-state index contributed by atoms with van der Waals surface area (Å²) in [5.74, 6) is 1.23. The first-order chi connectivity index (χ1) is 9.07. The molecule has 0 unspecified atom stereocenters. The van der Waals surface area contributed by atoms with Gasteiger partial charge in [0.25, 0.3) is 0 Å². The van der Waals surface area contributed by atoms with Crippen LogP contribution in [0.2, 0.25) is 0 Å². The summed E-state index contributed by atoms with van der Waals surface area (Å²) in [6, 6.07) is 1.77. The summed E-state index contributed by atoms with van der Waals surface area (Å²) < 4.78 is 10.6. The van der Waals surface area contributed by atoms with Crippen molar-refractivity contribution in [1.29, 1.82) is 0 Å². The van der Waals surface area contributed by atoms with Gasteiger partial charge in [-0.3, -0.25) is 0 Å². The summed E-state index contributed by atoms with van der Waals surface area (Å²) in [5, 5.41) is 3.25. The minimum absolute atomic E-state index is 0.139. The lowest BCUT2D eigenvalue weighted by Gasteiger charge is -2.24. The molecule has 0 saturated heterocycles. The molecular weight excluding hydrogens is 242 g/mol. The second-order valence-corrected chi connectivity index (χ2v) is 5.33. The van der Waals surface area contributed by atoms with Crippen molar-refractivity contribution in [3.8, 4) is 5.88 Å². The largest absolute Gasteiger partial charge is 0.478 e. The zero-order valence-electron chi connectivity index (χ0n) is 12.4. The van der Waals surface area contributed by atoms with E-state index in [9.17, 15) is 0 Å². The maximum atomic E-state index is 5.48. The van der Waals surface area contributed by atoms with Gasteiger partial charge in [-0.1, -0.05) is 20.8 Å². The third-order valence-corrected chi connectivity index (χ3v) is 2.79. The van der Waals surface area contributed by atoms with Crippen LogP contribution in [0.4, 0.5) is 5.95 Å². The van der Waals surface area contributed by atoms with Crippen molar-refractivity contribution >= 4 is 5.95 Å². The molecule has 0 amide bonds. The molecule has 5 nitrogen and oxygen atoms in total. The first-order valence-corrected chi connectivity index (χ1v) is 6.76. The maximum absolute atomic E-state index is 5.48. The van der Waals surface area contributed by atoms with Crippen molar-refractivity contribution in [3.63, 3.8) is 0 Å². The van der Waals surface area contributed by atoms with Gasteiger partial charge >= 0.3 is 0 Å². The summed E-state index contributed by atoms with van der Waals surface area (Å²) in [5.41, 5.74) is 0.139. The van der Waals surface area contributed by atoms with Crippen LogP contribution >= 0.6 is 0 Å². The molecule has 0 radical (unpaired) electrons. The maximum Gasteiger partial charge on any atom is 0.225 e. The van der Waals surface area contributed by atoms with Crippen molar-refractivity contribution in [1.82, 2.24) is 9.97 Å². The van der Waals surface area contributed by atoms with Crippen molar-refractivity contribution < 1.29 is 9.47 Å². The highest BCUT2D eigenvalue weighted by Crippen LogP contribution is 2.20. The molecule has 0 spiro atoms. The van der Waals surface area contributed by atoms with Gasteiger partial charge in [0.05, 0.1) is 6.61 Å². The Bertz CT molecular complexity index is 369. The number of nitrogens with one attached hydrogen (secondary N) is 1. The molecule has 1 N–H and O–H groups in total. The van der Waals surface area contributed by atoms with E-state index >= 15 is 0 Å². The fourth-order valence-corrected chi connectivity index (χ4v) is 1.50. The zero-order chi connectivity index (χ0) is 14.1. The van der Waals surface area contributed by atoms with Crippen LogP contribution in [0, 0.1) is 5.41 Å². The van der Waals surface area contributed by atoms with Crippen molar-refractivity contribution in [2.45, 2.75) is 33.6 Å². The zero-order valence-corrected chi connectivity index (χ0v) is 12.4. The molecule has 1 heterocycles. The minimum Gasteiger partial charge on any atom is -0.478 e. The molecule has 0 aliphatic rings. The summed E-state index contributed by atoms with van der Waals surface area (Å²) in [6.07, 6.45) is 3.67. The Morgan fingerprint density at radius 2 is 2.11 bits per heavy atom. The van der Waals surface area contributed by atoms with Crippen molar-refractivity contribution in [3.05, 3.63) is 12.3 Å². The van der Waals surface area contributed by atoms with Crippen LogP contribution in [0.3, 0.4) is 0 Å². The third-order valence-electron chi connectivity index (χ3n) is 2.79. The smallest absolute Gasteiger partial charge is 0.225 e. The lowest BCUT2D eigenvalue weighted by atomic mass is 9.90. The Morgan fingerprint density at radius 1 is 1.32 bits per heavy atom. The lowest BCUT2D eigenvalue weighted by Crippen LogP contribution is -2.25. The van der Waals surface area contributed by atoms with Crippen LogP contribution in [-0.2, 0) is 4.74 Å². The van der Waals surface area contributed by atoms with E-state index in [1.165, 1.54) is 0 Å². The summed E-state index contributed by atoms with van der Waals surface area (Å²) in [6.45, 7) is 8.68. The highest BCUT2D eigenvalue weighted by Gasteiger charge is 2.17. The van der Waals surface area contributed by atoms with Gasteiger partial charge in [-0.2, -0.15) is 4.98 Å². The average molecular weight is 267 g/mol. The van der Waals surface area contributed by atoms with Gasteiger partial charge in [0.15, 0.2) is 0 Å². The Hall–Kier alpha value is -1.36. The predicted octanol–water partition coefficient (Wildman–Crippen LogP) is 2.74. The van der Waals surface area contributed by atoms with Crippen LogP contribution < -0.4 is 10.1 Å². The molecule has 0 atom stereocenters. The van der Waals surface area contributed by atoms with E-state index in [1.54, 1.807) is 19.4 Å². The fraction of sp³-hybridized carbons (Fsp3) is 0.714. The first-order valence-electron chi connectivity index (χ1n) is 6.76. The monoisotopic (exact) mass is 267 g/mol. The van der Waals surface area contributed by atoms with Gasteiger partial charge in [-0.05, 0) is 18.3 Å². The molecule has 1 aromatic rings. The van der Waals surface area contributed by atoms with Crippen LogP contribution in [0.5, 0.6) is 5.88 Å². The van der Waals surface area contributed by atoms with Gasteiger partial charge < -0.3 is 14.8 Å². The molecule has 1 rings (SSSR count). The standard InChI is InChI=1S/C14H25N3O2/c1-5-9-19-12-6-8-15-13(17-12)16-11-14(2,3)7-10-18-4/h6,8H,5,7,9-11H2,1-4H3,(H,15,16,17). The van der Waals surface area contributed by atoms with E-state index < -0.39 is 0 Å². The number of rotatable bonds is 9. The normalized spacial score (nSPS) is 11.4. The quantitative estimate of drug-likeness (QED) is 0.745. The second-order valence-electron chi connectivity index (χ2n) is 5.33. The van der Waals surface area contributed by atoms with E-state index in [0.29, 0.717) is 18.4 Å². The van der Waals surface area contributed by atoms with Gasteiger partial charge in [0.2, 0.25) is 11.8 Å². The van der Waals surface area contributed by atoms with E-state index in [2.05, 4.69) is 36.1 Å². The van der Waals surface area contributed by atoms with Gasteiger partial charge in [0.1, 0.15) is 0 Å². The molecule has 0 aromatic carbocycles. The van der Waals surface area contributed by atoms with Gasteiger partial charge in [-0.25, -0.2) is 4.98 Å². The highest BCUT2D eigenvalue weighted by molar-refractivity contribution is 5.27. The summed E-state index contributed by atoms with van der Waals surface area (Å²) >= 11 is 0. The van der Waals surface area contributed by atoms with Crippen molar-refractivity contribution in [2.75, 3.05) is 32.2 Å². The van der Waals surface area contributed by atoms with Crippen molar-refractivity contribution in [2.24, 2.45) is 5.41 Å². The van der Waals surface area contributed by atoms with E-state index in [-0.39, 0.29) is 5.41 Å². The Balaban J connectivity index is 2.48. The van der Waals surface area contributed by atoms with E-state index in [1.807, 2.05) is 0 Å². The van der Waals surface area contributed by atoms with Crippen LogP contribution in [-0.4, -0.2) is 36.8 Å². The number of ether oxygens (including phenoxy) is 2. The first kappa shape index (κ1) is 15.7. The minimum atomic E-state index is 0.139. The Labute approximate surface area is 115 Å². The number of hydrogen-bond donors (Lipinski definition) is 1. The molecule has 0 fully saturated rings. The molecular formula is C14H25N3O2. The fourth-order valence-electron chi connectivity index (χ4n) is 1.50.